The highest BCUT2D eigenvalue weighted by Crippen LogP contribution is 2.51. The first kappa shape index (κ1) is 14.2. The van der Waals surface area contributed by atoms with Crippen molar-refractivity contribution in [2.45, 2.75) is 19.2 Å². The van der Waals surface area contributed by atoms with Crippen molar-refractivity contribution in [1.29, 1.82) is 0 Å². The molecule has 0 N–H and O–H groups in total. The Kier molecular flexibility index (Phi) is 2.83. The van der Waals surface area contributed by atoms with Gasteiger partial charge in [0.25, 0.3) is 0 Å². The lowest BCUT2D eigenvalue weighted by molar-refractivity contribution is 0.660. The molecular weight excluding hydrogens is 556 g/mol. The lowest BCUT2D eigenvalue weighted by Gasteiger charge is -2.23. The summed E-state index contributed by atoms with van der Waals surface area (Å²) in [7, 11) is 0. The number of hydrogen-bond donors (Lipinski definition) is 0. The van der Waals surface area contributed by atoms with E-state index in [2.05, 4.69) is 0 Å². The van der Waals surface area contributed by atoms with Crippen LogP contribution in [0, 0.1) is 0 Å². The molecule has 1 nitrogen and oxygen atoms in total. The summed E-state index contributed by atoms with van der Waals surface area (Å²) in [6, 6.07) is 6.46. The van der Waals surface area contributed by atoms with Crippen molar-refractivity contribution in [1.82, 2.24) is 0 Å². The largest absolute Gasteiger partial charge is 0.456 e. The smallest absolute Gasteiger partial charge is 0.136 e. The molecule has 216 valence electrons. The first-order valence-corrected chi connectivity index (χ1v) is 14.7. The second kappa shape index (κ2) is 9.19. The van der Waals surface area contributed by atoms with Crippen molar-refractivity contribution in [3.63, 3.8) is 0 Å². The van der Waals surface area contributed by atoms with Crippen LogP contribution >= 0.6 is 0 Å². The molecular formula is C45H30O. The lowest BCUT2D eigenvalue weighted by atomic mass is 9.80. The summed E-state index contributed by atoms with van der Waals surface area (Å²) in [5, 5.41) is 2.06. The fraction of sp³-hybridized carbons (Fsp3) is 0.0667. The van der Waals surface area contributed by atoms with Crippen molar-refractivity contribution in [2.75, 3.05) is 0 Å². The van der Waals surface area contributed by atoms with Gasteiger partial charge in [-0.25, -0.2) is 0 Å². The molecule has 0 saturated carbocycles. The topological polar surface area (TPSA) is 13.1 Å². The van der Waals surface area contributed by atoms with Crippen LogP contribution in [-0.4, -0.2) is 0 Å². The van der Waals surface area contributed by atoms with E-state index in [0.717, 1.165) is 16.2 Å². The van der Waals surface area contributed by atoms with Crippen LogP contribution in [-0.2, 0) is 5.41 Å². The van der Waals surface area contributed by atoms with E-state index >= 15 is 0 Å². The van der Waals surface area contributed by atoms with E-state index < -0.39 is 108 Å². The Balaban J connectivity index is 1.45. The summed E-state index contributed by atoms with van der Waals surface area (Å²) >= 11 is 0. The summed E-state index contributed by atoms with van der Waals surface area (Å²) < 4.78 is 161. The summed E-state index contributed by atoms with van der Waals surface area (Å²) in [6.45, 7) is -0.620. The van der Waals surface area contributed by atoms with Crippen LogP contribution < -0.4 is 0 Å². The van der Waals surface area contributed by atoms with Gasteiger partial charge in [-0.05, 0) is 101 Å². The predicted molar refractivity (Wildman–Crippen MR) is 195 cm³/mol. The van der Waals surface area contributed by atoms with E-state index in [1.54, 1.807) is 18.2 Å². The Hall–Kier alpha value is -5.66. The minimum atomic E-state index is -2.02. The van der Waals surface area contributed by atoms with Gasteiger partial charge in [0.05, 0.1) is 20.6 Å². The average molecular weight is 604 g/mol. The monoisotopic (exact) mass is 603 g/mol. The predicted octanol–water partition coefficient (Wildman–Crippen LogP) is 12.7. The average Bonchev–Trinajstić information content (AvgIpc) is 3.79. The van der Waals surface area contributed by atoms with E-state index in [4.69, 9.17) is 18.1 Å². The number of furan rings is 1. The Morgan fingerprint density at radius 3 is 1.98 bits per heavy atom. The van der Waals surface area contributed by atoms with Crippen molar-refractivity contribution in [3.05, 3.63) is 156 Å². The van der Waals surface area contributed by atoms with Gasteiger partial charge in [0.1, 0.15) is 11.2 Å². The van der Waals surface area contributed by atoms with Crippen LogP contribution in [0.15, 0.2) is 150 Å². The Labute approximate surface area is 291 Å². The van der Waals surface area contributed by atoms with Gasteiger partial charge in [0, 0.05) is 18.9 Å². The van der Waals surface area contributed by atoms with Gasteiger partial charge in [-0.3, -0.25) is 0 Å². The van der Waals surface area contributed by atoms with Crippen LogP contribution in [0.25, 0.3) is 87.6 Å². The number of fused-ring (bicyclic) bond motifs is 10. The van der Waals surface area contributed by atoms with Crippen molar-refractivity contribution >= 4 is 54.3 Å². The maximum absolute atomic E-state index is 9.92. The summed E-state index contributed by atoms with van der Waals surface area (Å²) in [5.41, 5.74) is -2.59. The van der Waals surface area contributed by atoms with Crippen LogP contribution in [0.4, 0.5) is 0 Å². The van der Waals surface area contributed by atoms with Crippen molar-refractivity contribution in [2.24, 2.45) is 0 Å². The summed E-state index contributed by atoms with van der Waals surface area (Å²) in [4.78, 5) is 0. The third-order valence-corrected chi connectivity index (χ3v) is 9.06. The van der Waals surface area contributed by atoms with Crippen LogP contribution in [0.5, 0.6) is 0 Å². The van der Waals surface area contributed by atoms with E-state index in [-0.39, 0.29) is 54.9 Å². The summed E-state index contributed by atoms with van der Waals surface area (Å²) in [5.74, 6) is 0. The molecule has 1 heterocycles. The number of hydrogen-bond acceptors (Lipinski definition) is 1. The van der Waals surface area contributed by atoms with Gasteiger partial charge < -0.3 is 4.42 Å². The Morgan fingerprint density at radius 2 is 1.22 bits per heavy atom. The van der Waals surface area contributed by atoms with E-state index in [1.165, 1.54) is 6.92 Å². The van der Waals surface area contributed by atoms with Crippen LogP contribution in [0.1, 0.15) is 48.2 Å². The van der Waals surface area contributed by atoms with Crippen LogP contribution in [0.3, 0.4) is 0 Å². The molecule has 1 heteroatoms. The van der Waals surface area contributed by atoms with E-state index in [0.29, 0.717) is 22.1 Å². The first-order chi connectivity index (χ1) is 29.8. The van der Waals surface area contributed by atoms with E-state index in [9.17, 15) is 9.60 Å². The fourth-order valence-electron chi connectivity index (χ4n) is 6.99. The molecule has 1 aromatic heterocycles. The fourth-order valence-corrected chi connectivity index (χ4v) is 6.99. The van der Waals surface area contributed by atoms with Gasteiger partial charge in [-0.2, -0.15) is 0 Å². The first-order valence-electron chi connectivity index (χ1n) is 23.3. The molecule has 0 amide bonds. The molecule has 0 fully saturated rings. The standard InChI is InChI=1S/C45H30O/c1-45(2)38-18-10-9-13-31(38)32-22-19-29(26-39(32)45)43-35-16-7-5-14-33(35)42(34-15-6-8-17-36(34)43)28-21-23-40-37(25-28)44-30-12-4-3-11-27(30)20-24-41(44)46-40/h3-26H,1-2H3/i1D2,5D,6D,7D,8D,9D,10D,13D,14D,15D,16D,17D,18D,19D,22D,26D. The van der Waals surface area contributed by atoms with Gasteiger partial charge in [0.2, 0.25) is 0 Å². The van der Waals surface area contributed by atoms with Gasteiger partial charge >= 0.3 is 0 Å². The van der Waals surface area contributed by atoms with Crippen LogP contribution in [0.2, 0.25) is 0 Å². The number of rotatable bonds is 2. The number of benzene rings is 8. The van der Waals surface area contributed by atoms with Gasteiger partial charge in [-0.15, -0.1) is 0 Å². The zero-order chi connectivity index (χ0) is 45.2. The normalized spacial score (nSPS) is 21.0. The third-order valence-electron chi connectivity index (χ3n) is 9.06. The zero-order valence-electron chi connectivity index (χ0n) is 41.2. The molecule has 46 heavy (non-hydrogen) atoms. The highest BCUT2D eigenvalue weighted by Gasteiger charge is 2.35. The molecule has 1 unspecified atom stereocenters. The zero-order valence-corrected chi connectivity index (χ0v) is 24.2. The van der Waals surface area contributed by atoms with Crippen molar-refractivity contribution < 1.29 is 27.7 Å². The SMILES string of the molecule is [2H]c1c([2H])c([2H])c2c(c1[2H])-c1c([2H])c([2H])c(-c3c4c([2H])c([2H])c([2H])c([2H])c4c(-c4ccc5oc6ccc7ccccc7c6c5c4)c4c([2H])c([2H])c([2H])c([2H])c34)c([2H])c1C2(C)C([2H])[2H]. The molecule has 8 aromatic carbocycles. The molecule has 9 aromatic rings. The molecule has 10 rings (SSSR count). The maximum Gasteiger partial charge on any atom is 0.136 e. The summed E-state index contributed by atoms with van der Waals surface area (Å²) in [6.07, 6.45) is 0. The maximum atomic E-state index is 9.92. The molecule has 0 saturated heterocycles. The Bertz CT molecular complexity index is 3550. The highest BCUT2D eigenvalue weighted by molar-refractivity contribution is 6.23. The molecule has 0 aliphatic heterocycles. The molecule has 1 aliphatic rings. The Morgan fingerprint density at radius 1 is 0.565 bits per heavy atom. The molecule has 0 radical (unpaired) electrons. The quantitative estimate of drug-likeness (QED) is 0.179. The molecule has 1 atom stereocenters. The van der Waals surface area contributed by atoms with Gasteiger partial charge in [0.15, 0.2) is 0 Å². The highest BCUT2D eigenvalue weighted by atomic mass is 16.3. The second-order valence-corrected chi connectivity index (χ2v) is 11.7. The minimum absolute atomic E-state index is 0.00262. The lowest BCUT2D eigenvalue weighted by Crippen LogP contribution is -2.14. The second-order valence-electron chi connectivity index (χ2n) is 11.7. The minimum Gasteiger partial charge on any atom is -0.456 e. The molecule has 0 spiro atoms. The van der Waals surface area contributed by atoms with E-state index in [1.807, 2.05) is 36.4 Å². The third kappa shape index (κ3) is 3.40. The molecule has 1 aliphatic carbocycles. The molecule has 0 bridgehead atoms. The van der Waals surface area contributed by atoms with Gasteiger partial charge in [-0.1, -0.05) is 135 Å². The van der Waals surface area contributed by atoms with Crippen molar-refractivity contribution in [3.8, 4) is 33.4 Å².